The highest BCUT2D eigenvalue weighted by Crippen LogP contribution is 2.28. The average molecular weight is 403 g/mol. The summed E-state index contributed by atoms with van der Waals surface area (Å²) >= 11 is 11.6. The maximum Gasteiger partial charge on any atom is 0.168 e. The summed E-state index contributed by atoms with van der Waals surface area (Å²) in [6.07, 6.45) is 1.64. The zero-order valence-electron chi connectivity index (χ0n) is 14.4. The molecule has 0 saturated heterocycles. The zero-order valence-corrected chi connectivity index (χ0v) is 15.9. The number of hydrazone groups is 1. The highest BCUT2D eigenvalue weighted by molar-refractivity contribution is 6.30. The maximum atomic E-state index is 5.89. The van der Waals surface area contributed by atoms with Crippen LogP contribution in [0.5, 0.6) is 11.5 Å². The van der Waals surface area contributed by atoms with Gasteiger partial charge in [-0.15, -0.1) is 10.2 Å². The van der Waals surface area contributed by atoms with Crippen LogP contribution in [0, 0.1) is 0 Å². The number of nitrogens with one attached hydrogen (secondary N) is 1. The van der Waals surface area contributed by atoms with Crippen molar-refractivity contribution in [2.24, 2.45) is 5.10 Å². The topological polar surface area (TPSA) is 68.6 Å². The number of hydrogen-bond donors (Lipinski definition) is 1. The number of aromatic nitrogens is 2. The zero-order chi connectivity index (χ0) is 19.1. The molecule has 1 aromatic heterocycles. The third-order valence-electron chi connectivity index (χ3n) is 3.52. The molecule has 0 aliphatic heterocycles. The molecule has 8 heteroatoms. The normalized spacial score (nSPS) is 10.8. The second-order valence-corrected chi connectivity index (χ2v) is 6.26. The fourth-order valence-corrected chi connectivity index (χ4v) is 2.40. The highest BCUT2D eigenvalue weighted by atomic mass is 35.5. The molecule has 0 spiro atoms. The predicted molar refractivity (Wildman–Crippen MR) is 107 cm³/mol. The first-order chi connectivity index (χ1) is 13.1. The van der Waals surface area contributed by atoms with E-state index >= 15 is 0 Å². The summed E-state index contributed by atoms with van der Waals surface area (Å²) in [5.41, 5.74) is 4.63. The van der Waals surface area contributed by atoms with E-state index in [2.05, 4.69) is 20.7 Å². The molecule has 1 N–H and O–H groups in total. The second-order valence-electron chi connectivity index (χ2n) is 5.44. The van der Waals surface area contributed by atoms with Gasteiger partial charge in [-0.25, -0.2) is 0 Å². The standard InChI is InChI=1S/C19H16Cl2N4O2/c1-26-17-10-14(11-22-24-19-9-8-18(21)23-25-19)4-7-16(17)27-12-13-2-5-15(20)6-3-13/h2-11H,12H2,1H3,(H,24,25)/b22-11-. The van der Waals surface area contributed by atoms with Crippen LogP contribution in [0.15, 0.2) is 59.7 Å². The van der Waals surface area contributed by atoms with Gasteiger partial charge in [0.05, 0.1) is 13.3 Å². The van der Waals surface area contributed by atoms with Crippen LogP contribution in [-0.2, 0) is 6.61 Å². The number of ether oxygens (including phenoxy) is 2. The van der Waals surface area contributed by atoms with Crippen molar-refractivity contribution >= 4 is 35.2 Å². The number of halogens is 2. The Morgan fingerprint density at radius 3 is 2.52 bits per heavy atom. The van der Waals surface area contributed by atoms with Crippen LogP contribution >= 0.6 is 23.2 Å². The monoisotopic (exact) mass is 402 g/mol. The van der Waals surface area contributed by atoms with E-state index in [-0.39, 0.29) is 0 Å². The number of benzene rings is 2. The first-order valence-electron chi connectivity index (χ1n) is 7.97. The molecule has 0 aliphatic carbocycles. The number of anilines is 1. The van der Waals surface area contributed by atoms with E-state index in [4.69, 9.17) is 32.7 Å². The molecular formula is C19H16Cl2N4O2. The molecule has 0 amide bonds. The van der Waals surface area contributed by atoms with Gasteiger partial charge in [-0.05, 0) is 53.6 Å². The molecule has 0 unspecified atom stereocenters. The lowest BCUT2D eigenvalue weighted by atomic mass is 10.2. The Morgan fingerprint density at radius 1 is 1.00 bits per heavy atom. The fourth-order valence-electron chi connectivity index (χ4n) is 2.17. The molecule has 0 saturated carbocycles. The number of methoxy groups -OCH3 is 1. The Hall–Kier alpha value is -2.83. The Kier molecular flexibility index (Phi) is 6.46. The predicted octanol–water partition coefficient (Wildman–Crippen LogP) is 4.82. The molecule has 0 fully saturated rings. The first-order valence-corrected chi connectivity index (χ1v) is 8.73. The third-order valence-corrected chi connectivity index (χ3v) is 3.97. The van der Waals surface area contributed by atoms with E-state index in [0.29, 0.717) is 34.1 Å². The first kappa shape index (κ1) is 18.9. The van der Waals surface area contributed by atoms with Gasteiger partial charge in [0.1, 0.15) is 6.61 Å². The lowest BCUT2D eigenvalue weighted by molar-refractivity contribution is 0.284. The lowest BCUT2D eigenvalue weighted by Gasteiger charge is -2.11. The molecule has 3 aromatic rings. The Labute approximate surface area is 166 Å². The SMILES string of the molecule is COc1cc(/C=N\Nc2ccc(Cl)nn2)ccc1OCc1ccc(Cl)cc1. The van der Waals surface area contributed by atoms with Crippen LogP contribution in [0.3, 0.4) is 0 Å². The number of hydrogen-bond acceptors (Lipinski definition) is 6. The van der Waals surface area contributed by atoms with Crippen LogP contribution < -0.4 is 14.9 Å². The quantitative estimate of drug-likeness (QED) is 0.453. The summed E-state index contributed by atoms with van der Waals surface area (Å²) in [7, 11) is 1.59. The van der Waals surface area contributed by atoms with Gasteiger partial charge in [0, 0.05) is 5.02 Å². The molecule has 0 atom stereocenters. The van der Waals surface area contributed by atoms with E-state index in [0.717, 1.165) is 11.1 Å². The fraction of sp³-hybridized carbons (Fsp3) is 0.105. The van der Waals surface area contributed by atoms with E-state index in [1.807, 2.05) is 42.5 Å². The van der Waals surface area contributed by atoms with E-state index in [9.17, 15) is 0 Å². The smallest absolute Gasteiger partial charge is 0.168 e. The summed E-state index contributed by atoms with van der Waals surface area (Å²) < 4.78 is 11.2. The number of rotatable bonds is 7. The van der Waals surface area contributed by atoms with Crippen molar-refractivity contribution in [2.75, 3.05) is 12.5 Å². The third kappa shape index (κ3) is 5.57. The Bertz CT molecular complexity index is 916. The molecular weight excluding hydrogens is 387 g/mol. The van der Waals surface area contributed by atoms with Gasteiger partial charge < -0.3 is 9.47 Å². The van der Waals surface area contributed by atoms with Gasteiger partial charge >= 0.3 is 0 Å². The van der Waals surface area contributed by atoms with Gasteiger partial charge in [0.2, 0.25) is 0 Å². The molecule has 3 rings (SSSR count). The van der Waals surface area contributed by atoms with Gasteiger partial charge in [-0.2, -0.15) is 5.10 Å². The van der Waals surface area contributed by atoms with Crippen molar-refractivity contribution in [2.45, 2.75) is 6.61 Å². The van der Waals surface area contributed by atoms with Crippen molar-refractivity contribution in [3.05, 3.63) is 75.9 Å². The highest BCUT2D eigenvalue weighted by Gasteiger charge is 2.06. The van der Waals surface area contributed by atoms with Crippen molar-refractivity contribution in [1.82, 2.24) is 10.2 Å². The van der Waals surface area contributed by atoms with Crippen molar-refractivity contribution in [3.63, 3.8) is 0 Å². The molecule has 0 aliphatic rings. The summed E-state index contributed by atoms with van der Waals surface area (Å²) in [6.45, 7) is 0.414. The average Bonchev–Trinajstić information content (AvgIpc) is 2.69. The van der Waals surface area contributed by atoms with Crippen LogP contribution in [0.4, 0.5) is 5.82 Å². The summed E-state index contributed by atoms with van der Waals surface area (Å²) in [5.74, 6) is 1.74. The van der Waals surface area contributed by atoms with E-state index in [1.165, 1.54) is 0 Å². The van der Waals surface area contributed by atoms with Crippen LogP contribution in [-0.4, -0.2) is 23.5 Å². The van der Waals surface area contributed by atoms with Crippen LogP contribution in [0.25, 0.3) is 0 Å². The second kappa shape index (κ2) is 9.21. The molecule has 6 nitrogen and oxygen atoms in total. The molecule has 1 heterocycles. The minimum Gasteiger partial charge on any atom is -0.493 e. The summed E-state index contributed by atoms with van der Waals surface area (Å²) in [5, 5.41) is 12.7. The van der Waals surface area contributed by atoms with Crippen LogP contribution in [0.2, 0.25) is 10.2 Å². The van der Waals surface area contributed by atoms with Crippen LogP contribution in [0.1, 0.15) is 11.1 Å². The Morgan fingerprint density at radius 2 is 1.81 bits per heavy atom. The van der Waals surface area contributed by atoms with Gasteiger partial charge in [-0.1, -0.05) is 35.3 Å². The molecule has 2 aromatic carbocycles. The van der Waals surface area contributed by atoms with Gasteiger partial charge in [0.25, 0.3) is 0 Å². The molecule has 0 radical (unpaired) electrons. The lowest BCUT2D eigenvalue weighted by Crippen LogP contribution is -1.99. The molecule has 0 bridgehead atoms. The van der Waals surface area contributed by atoms with Crippen molar-refractivity contribution < 1.29 is 9.47 Å². The van der Waals surface area contributed by atoms with Crippen molar-refractivity contribution in [1.29, 1.82) is 0 Å². The van der Waals surface area contributed by atoms with E-state index in [1.54, 1.807) is 25.5 Å². The molecule has 138 valence electrons. The minimum absolute atomic E-state index is 0.323. The largest absolute Gasteiger partial charge is 0.493 e. The van der Waals surface area contributed by atoms with E-state index < -0.39 is 0 Å². The van der Waals surface area contributed by atoms with Gasteiger partial charge in [-0.3, -0.25) is 5.43 Å². The number of nitrogens with zero attached hydrogens (tertiary/aromatic N) is 3. The summed E-state index contributed by atoms with van der Waals surface area (Å²) in [4.78, 5) is 0. The van der Waals surface area contributed by atoms with Gasteiger partial charge in [0.15, 0.2) is 22.5 Å². The van der Waals surface area contributed by atoms with Crippen molar-refractivity contribution in [3.8, 4) is 11.5 Å². The molecule has 27 heavy (non-hydrogen) atoms. The Balaban J connectivity index is 1.63. The maximum absolute atomic E-state index is 5.89. The summed E-state index contributed by atoms with van der Waals surface area (Å²) in [6, 6.07) is 16.3. The minimum atomic E-state index is 0.323.